The van der Waals surface area contributed by atoms with Crippen molar-refractivity contribution in [3.63, 3.8) is 0 Å². The Bertz CT molecular complexity index is 618. The van der Waals surface area contributed by atoms with E-state index in [2.05, 4.69) is 42.5 Å². The van der Waals surface area contributed by atoms with Gasteiger partial charge >= 0.3 is 5.97 Å². The molecule has 0 fully saturated rings. The third-order valence-electron chi connectivity index (χ3n) is 4.76. The van der Waals surface area contributed by atoms with Gasteiger partial charge in [-0.3, -0.25) is 4.79 Å². The van der Waals surface area contributed by atoms with Crippen LogP contribution in [-0.4, -0.2) is 11.1 Å². The lowest BCUT2D eigenvalue weighted by molar-refractivity contribution is -0.137. The Labute approximate surface area is 162 Å². The third kappa shape index (κ3) is 9.19. The van der Waals surface area contributed by atoms with Gasteiger partial charge < -0.3 is 5.11 Å². The van der Waals surface area contributed by atoms with E-state index in [1.165, 1.54) is 60.3 Å². The van der Waals surface area contributed by atoms with Crippen molar-refractivity contribution in [2.24, 2.45) is 0 Å². The molecule has 2 rings (SSSR count). The number of benzene rings is 1. The van der Waals surface area contributed by atoms with Crippen LogP contribution < -0.4 is 0 Å². The van der Waals surface area contributed by atoms with Crippen molar-refractivity contribution in [2.45, 2.75) is 77.0 Å². The highest BCUT2D eigenvalue weighted by Gasteiger charge is 2.02. The van der Waals surface area contributed by atoms with E-state index in [1.54, 1.807) is 0 Å². The number of hydrogen-bond acceptors (Lipinski definition) is 2. The van der Waals surface area contributed by atoms with Crippen molar-refractivity contribution in [1.29, 1.82) is 0 Å². The predicted octanol–water partition coefficient (Wildman–Crippen LogP) is 6.67. The van der Waals surface area contributed by atoms with Crippen molar-refractivity contribution in [2.75, 3.05) is 0 Å². The normalized spacial score (nSPS) is 10.9. The van der Waals surface area contributed by atoms with Gasteiger partial charge in [-0.1, -0.05) is 56.0 Å². The van der Waals surface area contributed by atoms with Crippen LogP contribution in [0.15, 0.2) is 42.5 Å². The zero-order valence-corrected chi connectivity index (χ0v) is 16.6. The van der Waals surface area contributed by atoms with E-state index >= 15 is 0 Å². The highest BCUT2D eigenvalue weighted by molar-refractivity contribution is 7.11. The molecule has 1 N–H and O–H groups in total. The first kappa shape index (κ1) is 20.7. The number of carboxylic acid groups (broad SMARTS) is 1. The molecule has 0 amide bonds. The number of aryl methyl sites for hydroxylation is 3. The zero-order chi connectivity index (χ0) is 18.5. The summed E-state index contributed by atoms with van der Waals surface area (Å²) in [6, 6.07) is 15.3. The number of thiophene rings is 1. The van der Waals surface area contributed by atoms with Crippen LogP contribution in [0.25, 0.3) is 0 Å². The Morgan fingerprint density at radius 1 is 0.692 bits per heavy atom. The van der Waals surface area contributed by atoms with Gasteiger partial charge in [0.1, 0.15) is 0 Å². The van der Waals surface area contributed by atoms with Gasteiger partial charge in [0.25, 0.3) is 0 Å². The fourth-order valence-electron chi connectivity index (χ4n) is 3.25. The molecule has 1 aromatic carbocycles. The van der Waals surface area contributed by atoms with Gasteiger partial charge in [0, 0.05) is 16.2 Å². The molecule has 0 aliphatic rings. The maximum absolute atomic E-state index is 10.5. The van der Waals surface area contributed by atoms with Crippen LogP contribution in [0.2, 0.25) is 0 Å². The maximum atomic E-state index is 10.5. The first-order valence-corrected chi connectivity index (χ1v) is 10.9. The van der Waals surface area contributed by atoms with Crippen LogP contribution in [0.3, 0.4) is 0 Å². The lowest BCUT2D eigenvalue weighted by Gasteiger charge is -2.02. The Balaban J connectivity index is 1.47. The van der Waals surface area contributed by atoms with E-state index in [4.69, 9.17) is 5.11 Å². The van der Waals surface area contributed by atoms with Crippen LogP contribution in [0.5, 0.6) is 0 Å². The van der Waals surface area contributed by atoms with Crippen LogP contribution >= 0.6 is 11.3 Å². The number of carbonyl (C=O) groups is 1. The summed E-state index contributed by atoms with van der Waals surface area (Å²) < 4.78 is 0. The summed E-state index contributed by atoms with van der Waals surface area (Å²) in [5.74, 6) is -0.677. The first-order valence-electron chi connectivity index (χ1n) is 10.1. The van der Waals surface area contributed by atoms with E-state index < -0.39 is 5.97 Å². The van der Waals surface area contributed by atoms with E-state index in [0.717, 1.165) is 25.7 Å². The number of rotatable bonds is 14. The van der Waals surface area contributed by atoms with Crippen molar-refractivity contribution < 1.29 is 9.90 Å². The van der Waals surface area contributed by atoms with Gasteiger partial charge in [-0.25, -0.2) is 0 Å². The second-order valence-corrected chi connectivity index (χ2v) is 8.33. The summed E-state index contributed by atoms with van der Waals surface area (Å²) in [4.78, 5) is 13.5. The molecular formula is C23H32O2S. The topological polar surface area (TPSA) is 37.3 Å². The molecule has 1 heterocycles. The van der Waals surface area contributed by atoms with Gasteiger partial charge in [0.15, 0.2) is 0 Å². The summed E-state index contributed by atoms with van der Waals surface area (Å²) in [5, 5.41) is 8.64. The average Bonchev–Trinajstić information content (AvgIpc) is 3.09. The molecule has 3 heteroatoms. The largest absolute Gasteiger partial charge is 0.481 e. The molecule has 0 aliphatic heterocycles. The first-order chi connectivity index (χ1) is 12.7. The highest BCUT2D eigenvalue weighted by Crippen LogP contribution is 2.21. The molecule has 0 saturated heterocycles. The molecule has 2 aromatic rings. The molecule has 0 unspecified atom stereocenters. The smallest absolute Gasteiger partial charge is 0.303 e. The second-order valence-electron chi connectivity index (χ2n) is 7.08. The molecule has 0 atom stereocenters. The fraction of sp³-hybridized carbons (Fsp3) is 0.522. The van der Waals surface area contributed by atoms with Crippen molar-refractivity contribution in [1.82, 2.24) is 0 Å². The lowest BCUT2D eigenvalue weighted by Crippen LogP contribution is -1.93. The standard InChI is InChI=1S/C23H32O2S/c24-23(25)17-11-5-10-16-22-19-18-21(26-22)15-9-3-1-2-6-12-20-13-7-4-8-14-20/h4,7-8,13-14,18-19H,1-3,5-6,9-12,15-17H2,(H,24,25). The summed E-state index contributed by atoms with van der Waals surface area (Å²) >= 11 is 1.95. The van der Waals surface area contributed by atoms with Gasteiger partial charge in [-0.2, -0.15) is 0 Å². The SMILES string of the molecule is O=C(O)CCCCCc1ccc(CCCCCCCc2ccccc2)s1. The fourth-order valence-corrected chi connectivity index (χ4v) is 4.35. The lowest BCUT2D eigenvalue weighted by atomic mass is 10.0. The highest BCUT2D eigenvalue weighted by atomic mass is 32.1. The zero-order valence-electron chi connectivity index (χ0n) is 15.8. The monoisotopic (exact) mass is 372 g/mol. The van der Waals surface area contributed by atoms with E-state index in [-0.39, 0.29) is 0 Å². The van der Waals surface area contributed by atoms with Crippen LogP contribution in [0.4, 0.5) is 0 Å². The van der Waals surface area contributed by atoms with E-state index in [0.29, 0.717) is 6.42 Å². The predicted molar refractivity (Wildman–Crippen MR) is 111 cm³/mol. The Kier molecular flexibility index (Phi) is 10.1. The van der Waals surface area contributed by atoms with Crippen molar-refractivity contribution in [3.05, 3.63) is 57.8 Å². The molecule has 2 nitrogen and oxygen atoms in total. The summed E-state index contributed by atoms with van der Waals surface area (Å²) in [6.07, 6.45) is 13.4. The minimum absolute atomic E-state index is 0.307. The van der Waals surface area contributed by atoms with Gasteiger partial charge in [0.05, 0.1) is 0 Å². The molecule has 26 heavy (non-hydrogen) atoms. The summed E-state index contributed by atoms with van der Waals surface area (Å²) in [7, 11) is 0. The third-order valence-corrected chi connectivity index (χ3v) is 5.97. The number of hydrogen-bond donors (Lipinski definition) is 1. The molecule has 0 saturated carbocycles. The molecule has 0 bridgehead atoms. The molecule has 0 aliphatic carbocycles. The quantitative estimate of drug-likeness (QED) is 0.376. The van der Waals surface area contributed by atoms with Crippen LogP contribution in [0.1, 0.15) is 73.1 Å². The number of unbranched alkanes of at least 4 members (excludes halogenated alkanes) is 6. The van der Waals surface area contributed by atoms with Gasteiger partial charge in [-0.05, 0) is 62.6 Å². The number of aliphatic carboxylic acids is 1. The van der Waals surface area contributed by atoms with E-state index in [9.17, 15) is 4.79 Å². The Morgan fingerprint density at radius 3 is 1.85 bits per heavy atom. The summed E-state index contributed by atoms with van der Waals surface area (Å²) in [6.45, 7) is 0. The van der Waals surface area contributed by atoms with Crippen LogP contribution in [0, 0.1) is 0 Å². The molecule has 0 spiro atoms. The Hall–Kier alpha value is -1.61. The molecule has 1 aromatic heterocycles. The average molecular weight is 373 g/mol. The Morgan fingerprint density at radius 2 is 1.23 bits per heavy atom. The molecular weight excluding hydrogens is 340 g/mol. The minimum Gasteiger partial charge on any atom is -0.481 e. The van der Waals surface area contributed by atoms with Crippen LogP contribution in [-0.2, 0) is 24.1 Å². The van der Waals surface area contributed by atoms with Gasteiger partial charge in [0.2, 0.25) is 0 Å². The minimum atomic E-state index is -0.677. The molecule has 142 valence electrons. The van der Waals surface area contributed by atoms with Crippen molar-refractivity contribution >= 4 is 17.3 Å². The van der Waals surface area contributed by atoms with Crippen molar-refractivity contribution in [3.8, 4) is 0 Å². The van der Waals surface area contributed by atoms with Gasteiger partial charge in [-0.15, -0.1) is 11.3 Å². The summed E-state index contributed by atoms with van der Waals surface area (Å²) in [5.41, 5.74) is 1.46. The maximum Gasteiger partial charge on any atom is 0.303 e. The second kappa shape index (κ2) is 12.7. The number of carboxylic acids is 1. The molecule has 0 radical (unpaired) electrons. The van der Waals surface area contributed by atoms with E-state index in [1.807, 2.05) is 11.3 Å².